The molecule has 62 valence electrons. The van der Waals surface area contributed by atoms with Gasteiger partial charge in [0.05, 0.1) is 5.92 Å². The molecule has 0 bridgehead atoms. The summed E-state index contributed by atoms with van der Waals surface area (Å²) in [6, 6.07) is 8.14. The van der Waals surface area contributed by atoms with Crippen molar-refractivity contribution < 1.29 is 4.79 Å². The van der Waals surface area contributed by atoms with Gasteiger partial charge in [-0.05, 0) is 12.5 Å². The van der Waals surface area contributed by atoms with Crippen molar-refractivity contribution in [3.05, 3.63) is 35.4 Å². The van der Waals surface area contributed by atoms with Gasteiger partial charge >= 0.3 is 0 Å². The van der Waals surface area contributed by atoms with Crippen molar-refractivity contribution in [1.82, 2.24) is 5.32 Å². The fraction of sp³-hybridized carbons (Fsp3) is 0.300. The summed E-state index contributed by atoms with van der Waals surface area (Å²) in [7, 11) is 0. The van der Waals surface area contributed by atoms with Crippen LogP contribution in [0.1, 0.15) is 17.0 Å². The standard InChI is InChI=1S/C10H11NO/c1-7-2-4-8(5-3-7)9-6-11-10(9)12/h2-5,9H,6H2,1H3,(H,11,12). The molecular weight excluding hydrogens is 150 g/mol. The number of carbonyl (C=O) groups is 1. The summed E-state index contributed by atoms with van der Waals surface area (Å²) in [6.45, 7) is 2.84. The van der Waals surface area contributed by atoms with E-state index in [1.54, 1.807) is 0 Å². The molecular formula is C10H11NO. The van der Waals surface area contributed by atoms with E-state index in [1.807, 2.05) is 31.2 Å². The predicted octanol–water partition coefficient (Wildman–Crippen LogP) is 1.21. The minimum Gasteiger partial charge on any atom is -0.354 e. The predicted molar refractivity (Wildman–Crippen MR) is 46.9 cm³/mol. The molecule has 2 rings (SSSR count). The van der Waals surface area contributed by atoms with Gasteiger partial charge in [0, 0.05) is 6.54 Å². The number of rotatable bonds is 1. The number of nitrogens with one attached hydrogen (secondary N) is 1. The number of carbonyl (C=O) groups excluding carboxylic acids is 1. The van der Waals surface area contributed by atoms with Gasteiger partial charge in [0.1, 0.15) is 0 Å². The highest BCUT2D eigenvalue weighted by Gasteiger charge is 2.28. The van der Waals surface area contributed by atoms with Gasteiger partial charge in [-0.3, -0.25) is 4.79 Å². The van der Waals surface area contributed by atoms with Gasteiger partial charge in [0.25, 0.3) is 0 Å². The Labute approximate surface area is 71.6 Å². The lowest BCUT2D eigenvalue weighted by atomic mass is 9.92. The molecule has 1 fully saturated rings. The summed E-state index contributed by atoms with van der Waals surface area (Å²) in [6.07, 6.45) is 0. The second-order valence-corrected chi connectivity index (χ2v) is 3.21. The number of amides is 1. The summed E-state index contributed by atoms with van der Waals surface area (Å²) in [5, 5.41) is 2.73. The number of hydrogen-bond donors (Lipinski definition) is 1. The van der Waals surface area contributed by atoms with Crippen LogP contribution < -0.4 is 5.32 Å². The quantitative estimate of drug-likeness (QED) is 0.616. The van der Waals surface area contributed by atoms with Gasteiger partial charge in [0.2, 0.25) is 5.91 Å². The molecule has 2 heteroatoms. The number of aryl methyl sites for hydroxylation is 1. The summed E-state index contributed by atoms with van der Waals surface area (Å²) in [5.41, 5.74) is 2.36. The molecule has 0 spiro atoms. The van der Waals surface area contributed by atoms with Crippen LogP contribution in [0.25, 0.3) is 0 Å². The maximum Gasteiger partial charge on any atom is 0.229 e. The van der Waals surface area contributed by atoms with Crippen LogP contribution in [-0.2, 0) is 4.79 Å². The van der Waals surface area contributed by atoms with E-state index in [2.05, 4.69) is 5.32 Å². The lowest BCUT2D eigenvalue weighted by Gasteiger charge is -2.26. The SMILES string of the molecule is Cc1ccc(C2CNC2=O)cc1. The Hall–Kier alpha value is -1.31. The molecule has 1 amide bonds. The van der Waals surface area contributed by atoms with Crippen molar-refractivity contribution in [2.45, 2.75) is 12.8 Å². The number of hydrogen-bond acceptors (Lipinski definition) is 1. The molecule has 1 unspecified atom stereocenters. The molecule has 0 saturated carbocycles. The van der Waals surface area contributed by atoms with Gasteiger partial charge < -0.3 is 5.32 Å². The summed E-state index contributed by atoms with van der Waals surface area (Å²) in [4.78, 5) is 11.0. The van der Waals surface area contributed by atoms with Crippen molar-refractivity contribution in [3.8, 4) is 0 Å². The second-order valence-electron chi connectivity index (χ2n) is 3.21. The molecule has 1 N–H and O–H groups in total. The highest BCUT2D eigenvalue weighted by molar-refractivity contribution is 5.89. The van der Waals surface area contributed by atoms with Gasteiger partial charge in [0.15, 0.2) is 0 Å². The van der Waals surface area contributed by atoms with Crippen molar-refractivity contribution in [2.75, 3.05) is 6.54 Å². The van der Waals surface area contributed by atoms with Crippen LogP contribution in [-0.4, -0.2) is 12.5 Å². The molecule has 1 saturated heterocycles. The average Bonchev–Trinajstić information content (AvgIpc) is 2.06. The Balaban J connectivity index is 2.23. The van der Waals surface area contributed by atoms with Gasteiger partial charge in [-0.2, -0.15) is 0 Å². The molecule has 1 aliphatic heterocycles. The minimum absolute atomic E-state index is 0.102. The average molecular weight is 161 g/mol. The van der Waals surface area contributed by atoms with Crippen molar-refractivity contribution in [3.63, 3.8) is 0 Å². The van der Waals surface area contributed by atoms with Crippen LogP contribution >= 0.6 is 0 Å². The van der Waals surface area contributed by atoms with E-state index in [0.717, 1.165) is 12.1 Å². The molecule has 1 heterocycles. The number of benzene rings is 1. The third-order valence-electron chi connectivity index (χ3n) is 2.28. The fourth-order valence-electron chi connectivity index (χ4n) is 1.36. The summed E-state index contributed by atoms with van der Waals surface area (Å²) < 4.78 is 0. The van der Waals surface area contributed by atoms with Crippen LogP contribution in [0, 0.1) is 6.92 Å². The zero-order chi connectivity index (χ0) is 8.55. The first kappa shape index (κ1) is 7.35. The van der Waals surface area contributed by atoms with Crippen LogP contribution in [0.5, 0.6) is 0 Å². The Kier molecular flexibility index (Phi) is 1.61. The highest BCUT2D eigenvalue weighted by atomic mass is 16.2. The van der Waals surface area contributed by atoms with E-state index < -0.39 is 0 Å². The maximum absolute atomic E-state index is 11.0. The second kappa shape index (κ2) is 2.63. The molecule has 0 aromatic heterocycles. The van der Waals surface area contributed by atoms with E-state index in [0.29, 0.717) is 0 Å². The monoisotopic (exact) mass is 161 g/mol. The van der Waals surface area contributed by atoms with E-state index in [-0.39, 0.29) is 11.8 Å². The summed E-state index contributed by atoms with van der Waals surface area (Å²) in [5.74, 6) is 0.254. The largest absolute Gasteiger partial charge is 0.354 e. The van der Waals surface area contributed by atoms with Crippen LogP contribution in [0.2, 0.25) is 0 Å². The smallest absolute Gasteiger partial charge is 0.229 e. The van der Waals surface area contributed by atoms with E-state index in [9.17, 15) is 4.79 Å². The lowest BCUT2D eigenvalue weighted by Crippen LogP contribution is -2.46. The lowest BCUT2D eigenvalue weighted by molar-refractivity contribution is -0.127. The Morgan fingerprint density at radius 1 is 1.33 bits per heavy atom. The molecule has 2 nitrogen and oxygen atoms in total. The van der Waals surface area contributed by atoms with Crippen molar-refractivity contribution in [1.29, 1.82) is 0 Å². The van der Waals surface area contributed by atoms with E-state index in [4.69, 9.17) is 0 Å². The van der Waals surface area contributed by atoms with Crippen LogP contribution in [0.4, 0.5) is 0 Å². The zero-order valence-corrected chi connectivity index (χ0v) is 7.00. The topological polar surface area (TPSA) is 29.1 Å². The first-order valence-corrected chi connectivity index (χ1v) is 4.11. The molecule has 0 aliphatic carbocycles. The van der Waals surface area contributed by atoms with Gasteiger partial charge in [-0.1, -0.05) is 29.8 Å². The first-order valence-electron chi connectivity index (χ1n) is 4.11. The van der Waals surface area contributed by atoms with Crippen LogP contribution in [0.3, 0.4) is 0 Å². The Bertz CT molecular complexity index is 302. The first-order chi connectivity index (χ1) is 5.77. The normalized spacial score (nSPS) is 21.4. The Morgan fingerprint density at radius 2 is 2.00 bits per heavy atom. The molecule has 1 aromatic carbocycles. The Morgan fingerprint density at radius 3 is 2.42 bits per heavy atom. The van der Waals surface area contributed by atoms with E-state index in [1.165, 1.54) is 5.56 Å². The minimum atomic E-state index is 0.102. The fourth-order valence-corrected chi connectivity index (χ4v) is 1.36. The van der Waals surface area contributed by atoms with E-state index >= 15 is 0 Å². The van der Waals surface area contributed by atoms with Crippen molar-refractivity contribution in [2.24, 2.45) is 0 Å². The molecule has 1 aliphatic rings. The molecule has 0 radical (unpaired) electrons. The van der Waals surface area contributed by atoms with Gasteiger partial charge in [-0.25, -0.2) is 0 Å². The summed E-state index contributed by atoms with van der Waals surface area (Å²) >= 11 is 0. The van der Waals surface area contributed by atoms with Crippen LogP contribution in [0.15, 0.2) is 24.3 Å². The molecule has 12 heavy (non-hydrogen) atoms. The van der Waals surface area contributed by atoms with Crippen molar-refractivity contribution >= 4 is 5.91 Å². The highest BCUT2D eigenvalue weighted by Crippen LogP contribution is 2.20. The molecule has 1 aromatic rings. The zero-order valence-electron chi connectivity index (χ0n) is 7.00. The number of β-lactam (4-membered cyclic amide) rings is 1. The maximum atomic E-state index is 11.0. The third-order valence-corrected chi connectivity index (χ3v) is 2.28. The van der Waals surface area contributed by atoms with Gasteiger partial charge in [-0.15, -0.1) is 0 Å². The molecule has 1 atom stereocenters. The third kappa shape index (κ3) is 1.09.